The van der Waals surface area contributed by atoms with E-state index in [-0.39, 0.29) is 5.56 Å². The van der Waals surface area contributed by atoms with Crippen molar-refractivity contribution in [1.29, 1.82) is 0 Å². The number of piperazine rings is 1. The standard InChI is InChI=1S/C22H25BrClN5O3S2/c1-3-34(32)21-5-4-16(24)11-20(21)26-29-14-25-19-10-15(18(23)12-17(19)22(29)30)13-27-6-8-28(9-7-27)33(2)31/h4-5,10-12,14,26H,3,6-9,13H2,1-2H3. The van der Waals surface area contributed by atoms with Gasteiger partial charge in [-0.3, -0.25) is 19.3 Å². The van der Waals surface area contributed by atoms with E-state index < -0.39 is 21.8 Å². The number of fused-ring (bicyclic) bond motifs is 1. The number of rotatable bonds is 7. The van der Waals surface area contributed by atoms with Crippen molar-refractivity contribution in [3.63, 3.8) is 0 Å². The van der Waals surface area contributed by atoms with Crippen molar-refractivity contribution < 1.29 is 8.42 Å². The number of nitrogens with one attached hydrogen (secondary N) is 1. The van der Waals surface area contributed by atoms with Crippen molar-refractivity contribution >= 4 is 65.9 Å². The van der Waals surface area contributed by atoms with E-state index in [9.17, 15) is 13.2 Å². The molecule has 0 aliphatic carbocycles. The Kier molecular flexibility index (Phi) is 8.21. The van der Waals surface area contributed by atoms with Crippen LogP contribution in [0.1, 0.15) is 12.5 Å². The second-order valence-corrected chi connectivity index (χ2v) is 12.3. The van der Waals surface area contributed by atoms with Gasteiger partial charge in [0, 0.05) is 54.2 Å². The molecule has 1 N–H and O–H groups in total. The second-order valence-electron chi connectivity index (χ2n) is 7.90. The van der Waals surface area contributed by atoms with Gasteiger partial charge in [-0.2, -0.15) is 0 Å². The van der Waals surface area contributed by atoms with E-state index in [0.717, 1.165) is 36.2 Å². The molecular weight excluding hydrogens is 562 g/mol. The summed E-state index contributed by atoms with van der Waals surface area (Å²) in [6.45, 7) is 5.71. The van der Waals surface area contributed by atoms with E-state index in [1.54, 1.807) is 30.5 Å². The lowest BCUT2D eigenvalue weighted by atomic mass is 10.1. The highest BCUT2D eigenvalue weighted by Crippen LogP contribution is 2.26. The minimum absolute atomic E-state index is 0.274. The first-order valence-corrected chi connectivity index (χ1v) is 14.7. The maximum atomic E-state index is 13.2. The van der Waals surface area contributed by atoms with Crippen LogP contribution in [-0.2, 0) is 28.3 Å². The molecule has 2 aromatic carbocycles. The molecule has 0 amide bonds. The molecule has 0 bridgehead atoms. The highest BCUT2D eigenvalue weighted by Gasteiger charge is 2.20. The van der Waals surface area contributed by atoms with E-state index in [0.29, 0.717) is 38.8 Å². The summed E-state index contributed by atoms with van der Waals surface area (Å²) in [5, 5.41) is 0.927. The molecule has 0 radical (unpaired) electrons. The predicted octanol–water partition coefficient (Wildman–Crippen LogP) is 3.23. The van der Waals surface area contributed by atoms with Crippen molar-refractivity contribution in [2.45, 2.75) is 18.4 Å². The first-order valence-electron chi connectivity index (χ1n) is 10.7. The molecule has 1 aliphatic rings. The molecule has 1 saturated heterocycles. The van der Waals surface area contributed by atoms with E-state index >= 15 is 0 Å². The van der Waals surface area contributed by atoms with Gasteiger partial charge in [0.1, 0.15) is 6.33 Å². The Balaban J connectivity index is 1.60. The summed E-state index contributed by atoms with van der Waals surface area (Å²) in [6.07, 6.45) is 3.14. The number of hydrogen-bond donors (Lipinski definition) is 1. The topological polar surface area (TPSA) is 87.5 Å². The summed E-state index contributed by atoms with van der Waals surface area (Å²) in [4.78, 5) is 20.6. The van der Waals surface area contributed by atoms with Crippen molar-refractivity contribution in [2.24, 2.45) is 0 Å². The zero-order valence-corrected chi connectivity index (χ0v) is 22.8. The van der Waals surface area contributed by atoms with Crippen molar-refractivity contribution in [3.8, 4) is 0 Å². The number of halogens is 2. The van der Waals surface area contributed by atoms with Crippen LogP contribution in [0.25, 0.3) is 10.9 Å². The molecule has 2 atom stereocenters. The van der Waals surface area contributed by atoms with Crippen LogP contribution in [0.5, 0.6) is 0 Å². The Hall–Kier alpha value is -1.63. The van der Waals surface area contributed by atoms with Gasteiger partial charge in [-0.25, -0.2) is 18.2 Å². The Labute approximate surface area is 216 Å². The first kappa shape index (κ1) is 25.5. The summed E-state index contributed by atoms with van der Waals surface area (Å²) < 4.78 is 28.2. The molecular formula is C22H25BrClN5O3S2. The summed E-state index contributed by atoms with van der Waals surface area (Å²) in [5.41, 5.74) is 4.87. The average Bonchev–Trinajstić information content (AvgIpc) is 2.82. The first-order chi connectivity index (χ1) is 16.3. The fourth-order valence-electron chi connectivity index (χ4n) is 3.85. The average molecular weight is 587 g/mol. The van der Waals surface area contributed by atoms with Crippen LogP contribution in [0.3, 0.4) is 0 Å². The number of aromatic nitrogens is 2. The molecule has 8 nitrogen and oxygen atoms in total. The SMILES string of the molecule is CCS(=O)c1ccc(Cl)cc1Nn1cnc2cc(CN3CCN(S(C)=O)CC3)c(Br)cc2c1=O. The Morgan fingerprint density at radius 3 is 2.56 bits per heavy atom. The lowest BCUT2D eigenvalue weighted by Crippen LogP contribution is -2.46. The highest BCUT2D eigenvalue weighted by atomic mass is 79.9. The van der Waals surface area contributed by atoms with Gasteiger partial charge in [0.05, 0.1) is 43.3 Å². The van der Waals surface area contributed by atoms with Gasteiger partial charge in [0.2, 0.25) is 0 Å². The van der Waals surface area contributed by atoms with E-state index in [4.69, 9.17) is 11.6 Å². The molecule has 12 heteroatoms. The summed E-state index contributed by atoms with van der Waals surface area (Å²) >= 11 is 9.75. The molecule has 182 valence electrons. The molecule has 2 heterocycles. The van der Waals surface area contributed by atoms with Crippen LogP contribution >= 0.6 is 27.5 Å². The van der Waals surface area contributed by atoms with Gasteiger partial charge in [-0.15, -0.1) is 0 Å². The lowest BCUT2D eigenvalue weighted by Gasteiger charge is -2.33. The summed E-state index contributed by atoms with van der Waals surface area (Å²) in [5.74, 6) is 0.447. The van der Waals surface area contributed by atoms with Crippen LogP contribution in [0, 0.1) is 0 Å². The zero-order valence-electron chi connectivity index (χ0n) is 18.8. The quantitative estimate of drug-likeness (QED) is 0.458. The predicted molar refractivity (Wildman–Crippen MR) is 142 cm³/mol. The molecule has 2 unspecified atom stereocenters. The lowest BCUT2D eigenvalue weighted by molar-refractivity contribution is 0.186. The Morgan fingerprint density at radius 2 is 1.88 bits per heavy atom. The monoisotopic (exact) mass is 585 g/mol. The normalized spacial score (nSPS) is 17.1. The number of hydrogen-bond acceptors (Lipinski definition) is 6. The van der Waals surface area contributed by atoms with Crippen LogP contribution in [0.2, 0.25) is 5.02 Å². The van der Waals surface area contributed by atoms with E-state index in [2.05, 4.69) is 31.2 Å². The highest BCUT2D eigenvalue weighted by molar-refractivity contribution is 9.10. The number of benzene rings is 2. The Morgan fingerprint density at radius 1 is 1.15 bits per heavy atom. The second kappa shape index (κ2) is 11.0. The smallest absolute Gasteiger partial charge is 0.280 e. The molecule has 0 spiro atoms. The van der Waals surface area contributed by atoms with Crippen LogP contribution < -0.4 is 11.0 Å². The maximum absolute atomic E-state index is 13.2. The van der Waals surface area contributed by atoms with Crippen LogP contribution in [-0.4, -0.2) is 65.5 Å². The molecule has 1 fully saturated rings. The molecule has 34 heavy (non-hydrogen) atoms. The fraction of sp³-hybridized carbons (Fsp3) is 0.364. The third kappa shape index (κ3) is 5.60. The molecule has 1 aromatic heterocycles. The van der Waals surface area contributed by atoms with Gasteiger partial charge in [-0.05, 0) is 35.9 Å². The van der Waals surface area contributed by atoms with Gasteiger partial charge in [0.15, 0.2) is 0 Å². The number of anilines is 1. The van der Waals surface area contributed by atoms with Gasteiger partial charge in [-0.1, -0.05) is 34.5 Å². The molecule has 1 aliphatic heterocycles. The largest absolute Gasteiger partial charge is 0.296 e. The van der Waals surface area contributed by atoms with Gasteiger partial charge < -0.3 is 0 Å². The molecule has 3 aromatic rings. The van der Waals surface area contributed by atoms with Crippen molar-refractivity contribution in [1.82, 2.24) is 18.9 Å². The van der Waals surface area contributed by atoms with Crippen LogP contribution in [0.15, 0.2) is 50.8 Å². The third-order valence-electron chi connectivity index (χ3n) is 5.71. The van der Waals surface area contributed by atoms with Crippen molar-refractivity contribution in [2.75, 3.05) is 43.6 Å². The number of nitrogens with zero attached hydrogens (tertiary/aromatic N) is 4. The minimum atomic E-state index is -1.22. The summed E-state index contributed by atoms with van der Waals surface area (Å²) in [7, 11) is -2.16. The zero-order chi connectivity index (χ0) is 24.4. The van der Waals surface area contributed by atoms with Crippen LogP contribution in [0.4, 0.5) is 5.69 Å². The van der Waals surface area contributed by atoms with E-state index in [1.165, 1.54) is 11.0 Å². The van der Waals surface area contributed by atoms with Crippen molar-refractivity contribution in [3.05, 3.63) is 62.1 Å². The van der Waals surface area contributed by atoms with Gasteiger partial charge >= 0.3 is 0 Å². The maximum Gasteiger partial charge on any atom is 0.280 e. The molecule has 4 rings (SSSR count). The summed E-state index contributed by atoms with van der Waals surface area (Å²) in [6, 6.07) is 8.74. The third-order valence-corrected chi connectivity index (χ3v) is 9.14. The van der Waals surface area contributed by atoms with Gasteiger partial charge in [0.25, 0.3) is 5.56 Å². The fourth-order valence-corrected chi connectivity index (χ4v) is 6.04. The Bertz CT molecular complexity index is 1330. The van der Waals surface area contributed by atoms with E-state index in [1.807, 2.05) is 17.3 Å². The minimum Gasteiger partial charge on any atom is -0.296 e. The molecule has 0 saturated carbocycles.